The predicted molar refractivity (Wildman–Crippen MR) is 92.8 cm³/mol. The van der Waals surface area contributed by atoms with E-state index >= 15 is 0 Å². The topological polar surface area (TPSA) is 71.9 Å². The summed E-state index contributed by atoms with van der Waals surface area (Å²) in [5.74, 6) is 1.23. The van der Waals surface area contributed by atoms with Crippen molar-refractivity contribution in [2.24, 2.45) is 5.92 Å². The number of carbonyl (C=O) groups is 1. The van der Waals surface area contributed by atoms with E-state index in [9.17, 15) is 4.79 Å². The predicted octanol–water partition coefficient (Wildman–Crippen LogP) is 3.43. The van der Waals surface area contributed by atoms with E-state index in [1.54, 1.807) is 12.3 Å². The van der Waals surface area contributed by atoms with Crippen molar-refractivity contribution in [3.8, 4) is 11.6 Å². The molecule has 1 aromatic heterocycles. The zero-order valence-electron chi connectivity index (χ0n) is 14.0. The number of rotatable bonds is 6. The molecule has 2 aromatic rings. The number of ether oxygens (including phenoxy) is 2. The van der Waals surface area contributed by atoms with Gasteiger partial charge in [0.05, 0.1) is 6.61 Å². The Kier molecular flexibility index (Phi) is 5.72. The van der Waals surface area contributed by atoms with Crippen LogP contribution in [0.2, 0.25) is 0 Å². The van der Waals surface area contributed by atoms with E-state index in [0.717, 1.165) is 18.4 Å². The second-order valence-electron chi connectivity index (χ2n) is 6.13. The lowest BCUT2D eigenvalue weighted by molar-refractivity contribution is 0.103. The highest BCUT2D eigenvalue weighted by Gasteiger charge is 2.24. The van der Waals surface area contributed by atoms with E-state index in [0.29, 0.717) is 37.9 Å². The average molecular weight is 342 g/mol. The lowest BCUT2D eigenvalue weighted by atomic mass is 9.99. The van der Waals surface area contributed by atoms with Gasteiger partial charge in [0.15, 0.2) is 5.75 Å². The third kappa shape index (κ3) is 4.86. The van der Waals surface area contributed by atoms with Crippen LogP contribution in [0.25, 0.3) is 0 Å². The van der Waals surface area contributed by atoms with Crippen molar-refractivity contribution in [3.05, 3.63) is 54.2 Å². The summed E-state index contributed by atoms with van der Waals surface area (Å²) in [7, 11) is 0. The maximum atomic E-state index is 11.1. The van der Waals surface area contributed by atoms with Crippen LogP contribution in [0.4, 0.5) is 4.79 Å². The fourth-order valence-electron chi connectivity index (χ4n) is 2.90. The number of aromatic nitrogens is 1. The van der Waals surface area contributed by atoms with Crippen LogP contribution >= 0.6 is 0 Å². The third-order valence-corrected chi connectivity index (χ3v) is 4.22. The number of amides is 1. The lowest BCUT2D eigenvalue weighted by Gasteiger charge is -2.30. The molecular weight excluding hydrogens is 320 g/mol. The summed E-state index contributed by atoms with van der Waals surface area (Å²) in [6.07, 6.45) is 2.63. The third-order valence-electron chi connectivity index (χ3n) is 4.22. The molecule has 1 aromatic carbocycles. The molecule has 6 heteroatoms. The number of piperidine rings is 1. The van der Waals surface area contributed by atoms with Crippen LogP contribution in [0, 0.1) is 5.92 Å². The van der Waals surface area contributed by atoms with Crippen LogP contribution in [0.5, 0.6) is 11.6 Å². The number of carboxylic acid groups (broad SMARTS) is 1. The first-order chi connectivity index (χ1) is 12.2. The highest BCUT2D eigenvalue weighted by Crippen LogP contribution is 2.26. The molecule has 1 saturated heterocycles. The normalized spacial score (nSPS) is 17.1. The number of nitrogens with zero attached hydrogens (tertiary/aromatic N) is 2. The summed E-state index contributed by atoms with van der Waals surface area (Å²) in [6, 6.07) is 13.5. The number of hydrogen-bond acceptors (Lipinski definition) is 4. The first-order valence-corrected chi connectivity index (χ1v) is 8.45. The minimum atomic E-state index is -0.863. The molecule has 1 fully saturated rings. The number of likely N-dealkylation sites (tertiary alicyclic amines) is 1. The quantitative estimate of drug-likeness (QED) is 0.871. The van der Waals surface area contributed by atoms with Gasteiger partial charge >= 0.3 is 6.09 Å². The summed E-state index contributed by atoms with van der Waals surface area (Å²) in [5, 5.41) is 9.12. The van der Waals surface area contributed by atoms with Crippen LogP contribution < -0.4 is 9.47 Å². The van der Waals surface area contributed by atoms with E-state index in [2.05, 4.69) is 4.98 Å². The molecule has 1 N–H and O–H groups in total. The molecule has 0 radical (unpaired) electrons. The van der Waals surface area contributed by atoms with Gasteiger partial charge < -0.3 is 19.5 Å². The molecule has 1 aliphatic rings. The Labute approximate surface area is 147 Å². The van der Waals surface area contributed by atoms with Gasteiger partial charge in [-0.25, -0.2) is 9.78 Å². The minimum absolute atomic E-state index is 0.187. The molecular formula is C19H22N2O4. The molecule has 0 spiro atoms. The molecule has 3 rings (SSSR count). The first kappa shape index (κ1) is 17.1. The van der Waals surface area contributed by atoms with Crippen molar-refractivity contribution in [1.82, 2.24) is 9.88 Å². The van der Waals surface area contributed by atoms with Crippen LogP contribution in [-0.2, 0) is 6.61 Å². The van der Waals surface area contributed by atoms with Crippen LogP contribution in [-0.4, -0.2) is 40.8 Å². The molecule has 1 atom stereocenters. The maximum Gasteiger partial charge on any atom is 0.407 e. The minimum Gasteiger partial charge on any atom is -0.488 e. The van der Waals surface area contributed by atoms with Gasteiger partial charge in [0, 0.05) is 25.2 Å². The standard InChI is InChI=1S/C19H22N2O4/c22-19(23)21-11-5-8-16(12-21)14-24-17-9-4-10-20-18(17)25-13-15-6-2-1-3-7-15/h1-4,6-7,9-10,16H,5,8,11-14H2,(H,22,23)/t16-/m0/s1. The molecule has 0 aliphatic carbocycles. The zero-order chi connectivity index (χ0) is 17.5. The first-order valence-electron chi connectivity index (χ1n) is 8.45. The lowest BCUT2D eigenvalue weighted by Crippen LogP contribution is -2.40. The molecule has 6 nitrogen and oxygen atoms in total. The van der Waals surface area contributed by atoms with Crippen molar-refractivity contribution in [1.29, 1.82) is 0 Å². The molecule has 0 bridgehead atoms. The Morgan fingerprint density at radius 2 is 2.04 bits per heavy atom. The van der Waals surface area contributed by atoms with Gasteiger partial charge in [-0.1, -0.05) is 30.3 Å². The van der Waals surface area contributed by atoms with E-state index in [1.807, 2.05) is 36.4 Å². The Morgan fingerprint density at radius 1 is 1.20 bits per heavy atom. The van der Waals surface area contributed by atoms with E-state index < -0.39 is 6.09 Å². The molecule has 25 heavy (non-hydrogen) atoms. The van der Waals surface area contributed by atoms with E-state index in [4.69, 9.17) is 14.6 Å². The number of benzene rings is 1. The van der Waals surface area contributed by atoms with Crippen molar-refractivity contribution in [2.45, 2.75) is 19.4 Å². The molecule has 2 heterocycles. The van der Waals surface area contributed by atoms with Crippen molar-refractivity contribution in [3.63, 3.8) is 0 Å². The second kappa shape index (κ2) is 8.37. The maximum absolute atomic E-state index is 11.1. The highest BCUT2D eigenvalue weighted by molar-refractivity contribution is 5.65. The number of hydrogen-bond donors (Lipinski definition) is 1. The smallest absolute Gasteiger partial charge is 0.407 e. The highest BCUT2D eigenvalue weighted by atomic mass is 16.5. The van der Waals surface area contributed by atoms with Gasteiger partial charge in [-0.15, -0.1) is 0 Å². The summed E-state index contributed by atoms with van der Waals surface area (Å²) >= 11 is 0. The Bertz CT molecular complexity index is 693. The second-order valence-corrected chi connectivity index (χ2v) is 6.13. The van der Waals surface area contributed by atoms with Crippen molar-refractivity contribution >= 4 is 6.09 Å². The SMILES string of the molecule is O=C(O)N1CCC[C@H](COc2cccnc2OCc2ccccc2)C1. The molecule has 0 saturated carbocycles. The van der Waals surface area contributed by atoms with Gasteiger partial charge in [-0.2, -0.15) is 0 Å². The fraction of sp³-hybridized carbons (Fsp3) is 0.368. The van der Waals surface area contributed by atoms with Crippen LogP contribution in [0.3, 0.4) is 0 Å². The van der Waals surface area contributed by atoms with Gasteiger partial charge in [0.1, 0.15) is 6.61 Å². The monoisotopic (exact) mass is 342 g/mol. The van der Waals surface area contributed by atoms with Crippen molar-refractivity contribution in [2.75, 3.05) is 19.7 Å². The Balaban J connectivity index is 1.56. The average Bonchev–Trinajstić information content (AvgIpc) is 2.66. The van der Waals surface area contributed by atoms with E-state index in [-0.39, 0.29) is 5.92 Å². The van der Waals surface area contributed by atoms with E-state index in [1.165, 1.54) is 4.90 Å². The summed E-state index contributed by atoms with van der Waals surface area (Å²) < 4.78 is 11.7. The fourth-order valence-corrected chi connectivity index (χ4v) is 2.90. The number of pyridine rings is 1. The van der Waals surface area contributed by atoms with Crippen LogP contribution in [0.1, 0.15) is 18.4 Å². The summed E-state index contributed by atoms with van der Waals surface area (Å²) in [5.41, 5.74) is 1.06. The van der Waals surface area contributed by atoms with Gasteiger partial charge in [0.25, 0.3) is 5.88 Å². The van der Waals surface area contributed by atoms with Gasteiger partial charge in [-0.05, 0) is 30.5 Å². The van der Waals surface area contributed by atoms with Gasteiger partial charge in [-0.3, -0.25) is 0 Å². The largest absolute Gasteiger partial charge is 0.488 e. The Morgan fingerprint density at radius 3 is 2.84 bits per heavy atom. The zero-order valence-corrected chi connectivity index (χ0v) is 14.0. The Hall–Kier alpha value is -2.76. The molecule has 1 amide bonds. The summed E-state index contributed by atoms with van der Waals surface area (Å²) in [4.78, 5) is 16.8. The van der Waals surface area contributed by atoms with Crippen molar-refractivity contribution < 1.29 is 19.4 Å². The molecule has 1 aliphatic heterocycles. The van der Waals surface area contributed by atoms with Crippen LogP contribution in [0.15, 0.2) is 48.7 Å². The summed E-state index contributed by atoms with van der Waals surface area (Å²) in [6.45, 7) is 1.99. The van der Waals surface area contributed by atoms with Gasteiger partial charge in [0.2, 0.25) is 0 Å². The molecule has 132 valence electrons. The molecule has 0 unspecified atom stereocenters.